The molecule has 0 saturated heterocycles. The van der Waals surface area contributed by atoms with E-state index in [4.69, 9.17) is 5.73 Å². The van der Waals surface area contributed by atoms with Crippen molar-refractivity contribution in [2.45, 2.75) is 12.5 Å². The molecule has 1 unspecified atom stereocenters. The Morgan fingerprint density at radius 1 is 1.29 bits per heavy atom. The first-order valence-electron chi connectivity index (χ1n) is 5.38. The van der Waals surface area contributed by atoms with Crippen molar-refractivity contribution in [3.63, 3.8) is 0 Å². The zero-order valence-corrected chi connectivity index (χ0v) is 10.2. The topological polar surface area (TPSA) is 70.7 Å². The third-order valence-electron chi connectivity index (χ3n) is 3.05. The smallest absolute Gasteiger partial charge is 0.343 e. The molecule has 2 rings (SSSR count). The number of benzene rings is 1. The van der Waals surface area contributed by atoms with Crippen LogP contribution in [0.3, 0.4) is 0 Å². The van der Waals surface area contributed by atoms with E-state index in [0.29, 0.717) is 5.84 Å². The predicted octanol–water partition coefficient (Wildman–Crippen LogP) is 1.05. The van der Waals surface area contributed by atoms with Crippen LogP contribution in [-0.2, 0) is 5.54 Å². The second-order valence-electron chi connectivity index (χ2n) is 4.49. The number of hydrogen-bond donors (Lipinski definition) is 2. The number of carbonyl (C=O) groups is 1. The lowest BCUT2D eigenvalue weighted by Crippen LogP contribution is -2.46. The van der Waals surface area contributed by atoms with Crippen molar-refractivity contribution in [1.82, 2.24) is 5.32 Å². The molecule has 0 radical (unpaired) electrons. The Morgan fingerprint density at radius 2 is 1.88 bits per heavy atom. The molecule has 5 nitrogen and oxygen atoms in total. The lowest BCUT2D eigenvalue weighted by Gasteiger charge is -2.25. The fourth-order valence-electron chi connectivity index (χ4n) is 1.84. The molecular weight excluding hydrogens is 216 g/mol. The second kappa shape index (κ2) is 3.76. The van der Waals surface area contributed by atoms with Crippen LogP contribution >= 0.6 is 0 Å². The van der Waals surface area contributed by atoms with Gasteiger partial charge in [0.25, 0.3) is 0 Å². The molecule has 1 aliphatic heterocycles. The van der Waals surface area contributed by atoms with E-state index in [2.05, 4.69) is 10.3 Å². The minimum atomic E-state index is -0.693. The Morgan fingerprint density at radius 3 is 2.29 bits per heavy atom. The van der Waals surface area contributed by atoms with Gasteiger partial charge >= 0.3 is 6.03 Å². The van der Waals surface area contributed by atoms with Gasteiger partial charge in [0.05, 0.1) is 0 Å². The lowest BCUT2D eigenvalue weighted by molar-refractivity contribution is 0.247. The number of nitrogens with one attached hydrogen (secondary N) is 1. The minimum absolute atomic E-state index is 0.306. The molecule has 0 saturated carbocycles. The summed E-state index contributed by atoms with van der Waals surface area (Å²) in [5, 5.41) is 2.76. The normalized spacial score (nSPS) is 23.2. The van der Waals surface area contributed by atoms with Crippen molar-refractivity contribution in [3.8, 4) is 0 Å². The summed E-state index contributed by atoms with van der Waals surface area (Å²) in [4.78, 5) is 17.0. The number of hydrogen-bond acceptors (Lipinski definition) is 3. The summed E-state index contributed by atoms with van der Waals surface area (Å²) in [5.41, 5.74) is 7.12. The maximum Gasteiger partial charge on any atom is 0.343 e. The molecule has 17 heavy (non-hydrogen) atoms. The molecule has 5 heteroatoms. The number of anilines is 1. The highest BCUT2D eigenvalue weighted by Gasteiger charge is 2.38. The first-order chi connectivity index (χ1) is 7.93. The van der Waals surface area contributed by atoms with Crippen molar-refractivity contribution in [2.75, 3.05) is 19.0 Å². The minimum Gasteiger partial charge on any atom is -0.385 e. The number of urea groups is 1. The SMILES string of the molecule is CN(C)c1ccc(C2(C)NC(=O)N=C2N)cc1. The molecule has 90 valence electrons. The Balaban J connectivity index is 2.35. The highest BCUT2D eigenvalue weighted by Crippen LogP contribution is 2.26. The molecule has 0 spiro atoms. The molecule has 1 aliphatic rings. The van der Waals surface area contributed by atoms with Gasteiger partial charge in [0.2, 0.25) is 0 Å². The summed E-state index contributed by atoms with van der Waals surface area (Å²) in [6, 6.07) is 7.48. The van der Waals surface area contributed by atoms with Crippen LogP contribution in [-0.4, -0.2) is 26.0 Å². The Hall–Kier alpha value is -2.04. The number of amides is 2. The first kappa shape index (κ1) is 11.4. The maximum atomic E-state index is 11.2. The van der Waals surface area contributed by atoms with Gasteiger partial charge in [-0.2, -0.15) is 4.99 Å². The molecule has 1 aromatic carbocycles. The summed E-state index contributed by atoms with van der Waals surface area (Å²) in [7, 11) is 3.95. The number of rotatable bonds is 2. The summed E-state index contributed by atoms with van der Waals surface area (Å²) >= 11 is 0. The zero-order chi connectivity index (χ0) is 12.6. The molecular formula is C12H16N4O. The summed E-state index contributed by atoms with van der Waals surface area (Å²) in [5.74, 6) is 0.306. The Kier molecular flexibility index (Phi) is 2.53. The molecule has 1 heterocycles. The molecule has 1 aromatic rings. The van der Waals surface area contributed by atoms with E-state index in [9.17, 15) is 4.79 Å². The van der Waals surface area contributed by atoms with E-state index in [0.717, 1.165) is 11.3 Å². The standard InChI is InChI=1S/C12H16N4O/c1-12(10(13)14-11(17)15-12)8-4-6-9(7-5-8)16(2)3/h4-7H,1-3H3,(H3,13,14,15,17). The molecule has 3 N–H and O–H groups in total. The van der Waals surface area contributed by atoms with Gasteiger partial charge in [-0.1, -0.05) is 12.1 Å². The van der Waals surface area contributed by atoms with E-state index in [1.165, 1.54) is 0 Å². The number of nitrogens with two attached hydrogens (primary N) is 1. The lowest BCUT2D eigenvalue weighted by atomic mass is 9.91. The zero-order valence-electron chi connectivity index (χ0n) is 10.2. The van der Waals surface area contributed by atoms with Crippen molar-refractivity contribution in [2.24, 2.45) is 10.7 Å². The highest BCUT2D eigenvalue weighted by molar-refractivity contribution is 6.06. The third-order valence-corrected chi connectivity index (χ3v) is 3.05. The van der Waals surface area contributed by atoms with Crippen LogP contribution in [0.1, 0.15) is 12.5 Å². The average Bonchev–Trinajstić information content (AvgIpc) is 2.54. The quantitative estimate of drug-likeness (QED) is 0.800. The van der Waals surface area contributed by atoms with Crippen LogP contribution in [0.5, 0.6) is 0 Å². The van der Waals surface area contributed by atoms with Gasteiger partial charge in [-0.15, -0.1) is 0 Å². The molecule has 0 fully saturated rings. The molecule has 0 aromatic heterocycles. The van der Waals surface area contributed by atoms with E-state index < -0.39 is 5.54 Å². The van der Waals surface area contributed by atoms with Gasteiger partial charge in [-0.05, 0) is 24.6 Å². The maximum absolute atomic E-state index is 11.2. The molecule has 2 amide bonds. The number of amidine groups is 1. The van der Waals surface area contributed by atoms with Gasteiger partial charge < -0.3 is 16.0 Å². The largest absolute Gasteiger partial charge is 0.385 e. The van der Waals surface area contributed by atoms with Crippen molar-refractivity contribution < 1.29 is 4.79 Å². The van der Waals surface area contributed by atoms with Gasteiger partial charge in [0, 0.05) is 19.8 Å². The monoisotopic (exact) mass is 232 g/mol. The Bertz CT molecular complexity index is 478. The van der Waals surface area contributed by atoms with Crippen LogP contribution in [0.15, 0.2) is 29.3 Å². The van der Waals surface area contributed by atoms with Crippen LogP contribution in [0, 0.1) is 0 Å². The van der Waals surface area contributed by atoms with Crippen LogP contribution < -0.4 is 16.0 Å². The fourth-order valence-corrected chi connectivity index (χ4v) is 1.84. The predicted molar refractivity (Wildman–Crippen MR) is 68.3 cm³/mol. The van der Waals surface area contributed by atoms with Crippen molar-refractivity contribution in [3.05, 3.63) is 29.8 Å². The Labute approximate surface area is 100 Å². The van der Waals surface area contributed by atoms with E-state index in [-0.39, 0.29) is 6.03 Å². The van der Waals surface area contributed by atoms with Crippen molar-refractivity contribution in [1.29, 1.82) is 0 Å². The van der Waals surface area contributed by atoms with Gasteiger partial charge in [0.1, 0.15) is 11.4 Å². The van der Waals surface area contributed by atoms with E-state index in [1.54, 1.807) is 0 Å². The second-order valence-corrected chi connectivity index (χ2v) is 4.49. The average molecular weight is 232 g/mol. The van der Waals surface area contributed by atoms with Gasteiger partial charge in [-0.3, -0.25) is 0 Å². The van der Waals surface area contributed by atoms with E-state index in [1.807, 2.05) is 50.2 Å². The number of carbonyl (C=O) groups excluding carboxylic acids is 1. The molecule has 1 atom stereocenters. The highest BCUT2D eigenvalue weighted by atomic mass is 16.2. The van der Waals surface area contributed by atoms with E-state index >= 15 is 0 Å². The first-order valence-corrected chi connectivity index (χ1v) is 5.38. The van der Waals surface area contributed by atoms with Crippen LogP contribution in [0.4, 0.5) is 10.5 Å². The molecule has 0 bridgehead atoms. The van der Waals surface area contributed by atoms with Crippen LogP contribution in [0.2, 0.25) is 0 Å². The van der Waals surface area contributed by atoms with Gasteiger partial charge in [0.15, 0.2) is 0 Å². The third kappa shape index (κ3) is 1.84. The summed E-state index contributed by atoms with van der Waals surface area (Å²) < 4.78 is 0. The fraction of sp³-hybridized carbons (Fsp3) is 0.333. The number of aliphatic imine (C=N–C) groups is 1. The van der Waals surface area contributed by atoms with Crippen molar-refractivity contribution >= 4 is 17.6 Å². The number of nitrogens with zero attached hydrogens (tertiary/aromatic N) is 2. The van der Waals surface area contributed by atoms with Gasteiger partial charge in [-0.25, -0.2) is 4.79 Å². The molecule has 0 aliphatic carbocycles. The summed E-state index contributed by atoms with van der Waals surface area (Å²) in [6.45, 7) is 1.85. The summed E-state index contributed by atoms with van der Waals surface area (Å²) in [6.07, 6.45) is 0. The van der Waals surface area contributed by atoms with Crippen LogP contribution in [0.25, 0.3) is 0 Å².